The van der Waals surface area contributed by atoms with Crippen molar-refractivity contribution in [2.24, 2.45) is 0 Å². The third kappa shape index (κ3) is 2.38. The molecule has 0 radical (unpaired) electrons. The van der Waals surface area contributed by atoms with Gasteiger partial charge in [-0.1, -0.05) is 36.4 Å². The molecule has 0 unspecified atom stereocenters. The minimum atomic E-state index is 0.618. The number of hydrogen-bond acceptors (Lipinski definition) is 4. The Morgan fingerprint density at radius 3 is 2.12 bits per heavy atom. The summed E-state index contributed by atoms with van der Waals surface area (Å²) in [5.41, 5.74) is 10.4. The van der Waals surface area contributed by atoms with Gasteiger partial charge in [0.05, 0.1) is 29.5 Å². The van der Waals surface area contributed by atoms with Gasteiger partial charge in [0.1, 0.15) is 5.75 Å². The number of nitrogens with zero attached hydrogens (tertiary/aromatic N) is 1. The highest BCUT2D eigenvalue weighted by Gasteiger charge is 2.10. The molecule has 3 aromatic carbocycles. The molecule has 1 heterocycles. The van der Waals surface area contributed by atoms with Crippen LogP contribution in [0.4, 0.5) is 17.1 Å². The van der Waals surface area contributed by atoms with Crippen LogP contribution in [-0.2, 0) is 0 Å². The Hall–Kier alpha value is -3.27. The van der Waals surface area contributed by atoms with E-state index in [-0.39, 0.29) is 0 Å². The molecule has 0 atom stereocenters. The number of para-hydroxylation sites is 2. The van der Waals surface area contributed by atoms with Crippen LogP contribution in [0, 0.1) is 0 Å². The molecule has 4 rings (SSSR count). The molecular formula is C20H17N3O. The molecule has 4 nitrogen and oxygen atoms in total. The van der Waals surface area contributed by atoms with Crippen LogP contribution in [0.25, 0.3) is 21.8 Å². The van der Waals surface area contributed by atoms with Gasteiger partial charge in [0.15, 0.2) is 0 Å². The lowest BCUT2D eigenvalue weighted by Gasteiger charge is -2.14. The number of hydrogen-bond donors (Lipinski definition) is 2. The van der Waals surface area contributed by atoms with Gasteiger partial charge < -0.3 is 15.8 Å². The summed E-state index contributed by atoms with van der Waals surface area (Å²) >= 11 is 0. The standard InChI is InChI=1S/C20H17N3O/c1-24-19-12-13(10-11-16(19)21)22-20-14-6-2-4-8-17(14)23-18-9-5-3-7-15(18)20/h2-12H,21H2,1H3,(H,22,23). The van der Waals surface area contributed by atoms with Crippen molar-refractivity contribution < 1.29 is 4.74 Å². The second-order valence-corrected chi connectivity index (χ2v) is 5.60. The van der Waals surface area contributed by atoms with Gasteiger partial charge in [0, 0.05) is 22.5 Å². The molecule has 0 bridgehead atoms. The average molecular weight is 315 g/mol. The molecule has 0 aliphatic rings. The molecule has 118 valence electrons. The molecular weight excluding hydrogens is 298 g/mol. The van der Waals surface area contributed by atoms with Gasteiger partial charge in [-0.15, -0.1) is 0 Å². The van der Waals surface area contributed by atoms with Crippen LogP contribution >= 0.6 is 0 Å². The molecule has 4 heteroatoms. The highest BCUT2D eigenvalue weighted by atomic mass is 16.5. The Kier molecular flexibility index (Phi) is 3.43. The van der Waals surface area contributed by atoms with E-state index in [0.29, 0.717) is 11.4 Å². The van der Waals surface area contributed by atoms with Gasteiger partial charge in [-0.05, 0) is 24.3 Å². The SMILES string of the molecule is COc1cc(Nc2c3ccccc3nc3ccccc23)ccc1N. The lowest BCUT2D eigenvalue weighted by atomic mass is 10.1. The fourth-order valence-electron chi connectivity index (χ4n) is 2.91. The number of benzene rings is 3. The van der Waals surface area contributed by atoms with Crippen molar-refractivity contribution in [3.63, 3.8) is 0 Å². The quantitative estimate of drug-likeness (QED) is 0.424. The van der Waals surface area contributed by atoms with Crippen LogP contribution in [0.3, 0.4) is 0 Å². The first-order chi connectivity index (χ1) is 11.8. The van der Waals surface area contributed by atoms with Crippen molar-refractivity contribution in [1.82, 2.24) is 4.98 Å². The molecule has 0 amide bonds. The molecule has 3 N–H and O–H groups in total. The minimum absolute atomic E-state index is 0.618. The minimum Gasteiger partial charge on any atom is -0.495 e. The zero-order valence-corrected chi connectivity index (χ0v) is 13.3. The van der Waals surface area contributed by atoms with Gasteiger partial charge in [0.25, 0.3) is 0 Å². The van der Waals surface area contributed by atoms with Crippen molar-refractivity contribution in [2.45, 2.75) is 0 Å². The van der Waals surface area contributed by atoms with Crippen molar-refractivity contribution in [1.29, 1.82) is 0 Å². The Morgan fingerprint density at radius 2 is 1.50 bits per heavy atom. The number of ether oxygens (including phenoxy) is 1. The summed E-state index contributed by atoms with van der Waals surface area (Å²) < 4.78 is 5.32. The van der Waals surface area contributed by atoms with Crippen LogP contribution in [0.1, 0.15) is 0 Å². The zero-order valence-electron chi connectivity index (χ0n) is 13.3. The van der Waals surface area contributed by atoms with E-state index >= 15 is 0 Å². The number of nitrogens with two attached hydrogens (primary N) is 1. The van der Waals surface area contributed by atoms with E-state index in [2.05, 4.69) is 17.4 Å². The highest BCUT2D eigenvalue weighted by Crippen LogP contribution is 2.34. The summed E-state index contributed by atoms with van der Waals surface area (Å²) in [6, 6.07) is 21.9. The molecule has 1 aromatic heterocycles. The van der Waals surface area contributed by atoms with E-state index in [1.165, 1.54) is 0 Å². The number of nitrogens with one attached hydrogen (secondary N) is 1. The summed E-state index contributed by atoms with van der Waals surface area (Å²) in [7, 11) is 1.62. The van der Waals surface area contributed by atoms with Gasteiger partial charge >= 0.3 is 0 Å². The molecule has 0 saturated heterocycles. The largest absolute Gasteiger partial charge is 0.495 e. The monoisotopic (exact) mass is 315 g/mol. The van der Waals surface area contributed by atoms with E-state index in [0.717, 1.165) is 33.2 Å². The predicted molar refractivity (Wildman–Crippen MR) is 99.9 cm³/mol. The Bertz CT molecular complexity index is 989. The molecule has 0 saturated carbocycles. The Labute approximate surface area is 139 Å². The van der Waals surface area contributed by atoms with Crippen molar-refractivity contribution >= 4 is 38.9 Å². The number of methoxy groups -OCH3 is 1. The first-order valence-electron chi connectivity index (χ1n) is 7.74. The molecule has 24 heavy (non-hydrogen) atoms. The van der Waals surface area contributed by atoms with E-state index in [1.54, 1.807) is 7.11 Å². The zero-order chi connectivity index (χ0) is 16.5. The third-order valence-corrected chi connectivity index (χ3v) is 4.09. The highest BCUT2D eigenvalue weighted by molar-refractivity contribution is 6.08. The molecule has 0 aliphatic carbocycles. The maximum absolute atomic E-state index is 5.91. The summed E-state index contributed by atoms with van der Waals surface area (Å²) in [4.78, 5) is 4.74. The van der Waals surface area contributed by atoms with E-state index in [1.807, 2.05) is 54.6 Å². The van der Waals surface area contributed by atoms with Crippen LogP contribution < -0.4 is 15.8 Å². The van der Waals surface area contributed by atoms with Gasteiger partial charge in [-0.2, -0.15) is 0 Å². The predicted octanol–water partition coefficient (Wildman–Crippen LogP) is 4.72. The number of anilines is 3. The molecule has 0 spiro atoms. The Morgan fingerprint density at radius 1 is 0.875 bits per heavy atom. The van der Waals surface area contributed by atoms with Crippen LogP contribution in [0.15, 0.2) is 66.7 Å². The van der Waals surface area contributed by atoms with Gasteiger partial charge in [0.2, 0.25) is 0 Å². The number of rotatable bonds is 3. The molecule has 0 aliphatic heterocycles. The van der Waals surface area contributed by atoms with Crippen LogP contribution in [-0.4, -0.2) is 12.1 Å². The van der Waals surface area contributed by atoms with E-state index < -0.39 is 0 Å². The third-order valence-electron chi connectivity index (χ3n) is 4.09. The summed E-state index contributed by atoms with van der Waals surface area (Å²) in [5.74, 6) is 0.655. The topological polar surface area (TPSA) is 60.2 Å². The average Bonchev–Trinajstić information content (AvgIpc) is 2.63. The van der Waals surface area contributed by atoms with Gasteiger partial charge in [-0.25, -0.2) is 4.98 Å². The second-order valence-electron chi connectivity index (χ2n) is 5.60. The number of pyridine rings is 1. The fraction of sp³-hybridized carbons (Fsp3) is 0.0500. The number of nitrogen functional groups attached to an aromatic ring is 1. The maximum Gasteiger partial charge on any atom is 0.143 e. The second kappa shape index (κ2) is 5.74. The fourth-order valence-corrected chi connectivity index (χ4v) is 2.91. The summed E-state index contributed by atoms with van der Waals surface area (Å²) in [6.45, 7) is 0. The number of aromatic nitrogens is 1. The van der Waals surface area contributed by atoms with Crippen molar-refractivity contribution in [3.05, 3.63) is 66.7 Å². The maximum atomic E-state index is 5.91. The first-order valence-corrected chi connectivity index (χ1v) is 7.74. The smallest absolute Gasteiger partial charge is 0.143 e. The lowest BCUT2D eigenvalue weighted by Crippen LogP contribution is -1.97. The first kappa shape index (κ1) is 14.3. The van der Waals surface area contributed by atoms with Crippen molar-refractivity contribution in [2.75, 3.05) is 18.2 Å². The van der Waals surface area contributed by atoms with E-state index in [4.69, 9.17) is 15.5 Å². The summed E-state index contributed by atoms with van der Waals surface area (Å²) in [5, 5.41) is 5.67. The van der Waals surface area contributed by atoms with Crippen LogP contribution in [0.2, 0.25) is 0 Å². The molecule has 4 aromatic rings. The summed E-state index contributed by atoms with van der Waals surface area (Å²) in [6.07, 6.45) is 0. The molecule has 0 fully saturated rings. The Balaban J connectivity index is 1.93. The number of fused-ring (bicyclic) bond motifs is 2. The normalized spacial score (nSPS) is 10.9. The van der Waals surface area contributed by atoms with Crippen LogP contribution in [0.5, 0.6) is 5.75 Å². The lowest BCUT2D eigenvalue weighted by molar-refractivity contribution is 0.417. The van der Waals surface area contributed by atoms with Crippen molar-refractivity contribution in [3.8, 4) is 5.75 Å². The van der Waals surface area contributed by atoms with E-state index in [9.17, 15) is 0 Å². The van der Waals surface area contributed by atoms with Gasteiger partial charge in [-0.3, -0.25) is 0 Å².